The van der Waals surface area contributed by atoms with E-state index in [1.165, 1.54) is 0 Å². The summed E-state index contributed by atoms with van der Waals surface area (Å²) >= 11 is 0. The van der Waals surface area contributed by atoms with Crippen LogP contribution in [0, 0.1) is 0 Å². The molecule has 0 amide bonds. The van der Waals surface area contributed by atoms with Crippen molar-refractivity contribution in [3.8, 4) is 5.75 Å². The van der Waals surface area contributed by atoms with Gasteiger partial charge in [0.25, 0.3) is 0 Å². The first-order valence-corrected chi connectivity index (χ1v) is 12.8. The van der Waals surface area contributed by atoms with Crippen LogP contribution in [0.3, 0.4) is 0 Å². The van der Waals surface area contributed by atoms with Gasteiger partial charge in [0.1, 0.15) is 0 Å². The number of ketones is 1. The van der Waals surface area contributed by atoms with Crippen molar-refractivity contribution >= 4 is 45.6 Å². The molecular formula is C26H38NNaO4S. The van der Waals surface area contributed by atoms with Crippen LogP contribution in [0.4, 0.5) is 0 Å². The predicted octanol–water partition coefficient (Wildman–Crippen LogP) is 5.54. The molecule has 0 saturated heterocycles. The van der Waals surface area contributed by atoms with E-state index < -0.39 is 10.3 Å². The van der Waals surface area contributed by atoms with Gasteiger partial charge in [-0.3, -0.25) is 4.79 Å². The standard InChI is InChI=1S/C26H37NO4S.Na.H/c1-15(2)19-10-9-11-20(16(3)4)23(19)14-24(28)22-13-12-21(17(5)6)26(25(22)18(7)8)31-32(27,29)30;;/h9-13,15-18H,14H2,1-8H3,(H2,27,29,30);;. The predicted molar refractivity (Wildman–Crippen MR) is 138 cm³/mol. The normalized spacial score (nSPS) is 11.9. The van der Waals surface area contributed by atoms with E-state index in [1.807, 2.05) is 33.8 Å². The molecule has 0 unspecified atom stereocenters. The monoisotopic (exact) mass is 483 g/mol. The van der Waals surface area contributed by atoms with E-state index in [9.17, 15) is 13.2 Å². The van der Waals surface area contributed by atoms with Gasteiger partial charge in [0.2, 0.25) is 0 Å². The third-order valence-corrected chi connectivity index (χ3v) is 6.15. The summed E-state index contributed by atoms with van der Waals surface area (Å²) in [5, 5.41) is 5.23. The molecule has 178 valence electrons. The molecule has 2 aromatic carbocycles. The van der Waals surface area contributed by atoms with Gasteiger partial charge in [0.05, 0.1) is 0 Å². The van der Waals surface area contributed by atoms with Crippen molar-refractivity contribution in [2.24, 2.45) is 5.14 Å². The van der Waals surface area contributed by atoms with Crippen LogP contribution in [0.25, 0.3) is 0 Å². The molecule has 33 heavy (non-hydrogen) atoms. The summed E-state index contributed by atoms with van der Waals surface area (Å²) in [5.41, 5.74) is 5.16. The van der Waals surface area contributed by atoms with Gasteiger partial charge in [-0.15, -0.1) is 0 Å². The molecule has 0 heterocycles. The molecule has 7 heteroatoms. The maximum atomic E-state index is 13.7. The van der Waals surface area contributed by atoms with Crippen molar-refractivity contribution in [3.63, 3.8) is 0 Å². The van der Waals surface area contributed by atoms with E-state index in [4.69, 9.17) is 9.32 Å². The van der Waals surface area contributed by atoms with Gasteiger partial charge in [-0.05, 0) is 45.9 Å². The van der Waals surface area contributed by atoms with Crippen LogP contribution in [-0.4, -0.2) is 43.8 Å². The zero-order valence-corrected chi connectivity index (χ0v) is 21.3. The summed E-state index contributed by atoms with van der Waals surface area (Å²) in [6.07, 6.45) is 0.247. The van der Waals surface area contributed by atoms with Crippen LogP contribution in [0.5, 0.6) is 5.75 Å². The number of nitrogens with two attached hydrogens (primary N) is 1. The molecule has 0 saturated carbocycles. The zero-order chi connectivity index (χ0) is 24.4. The molecule has 2 N–H and O–H groups in total. The summed E-state index contributed by atoms with van der Waals surface area (Å²) < 4.78 is 28.9. The SMILES string of the molecule is CC(C)c1cccc(C(C)C)c1CC(=O)c1ccc(C(C)C)c(OS(N)(=O)=O)c1C(C)C.[NaH]. The van der Waals surface area contributed by atoms with Gasteiger partial charge in [-0.25, -0.2) is 0 Å². The average Bonchev–Trinajstić information content (AvgIpc) is 2.65. The van der Waals surface area contributed by atoms with Crippen molar-refractivity contribution in [3.05, 3.63) is 63.7 Å². The van der Waals surface area contributed by atoms with Crippen LogP contribution in [-0.2, 0) is 16.7 Å². The topological polar surface area (TPSA) is 86.5 Å². The number of carbonyl (C=O) groups is 1. The van der Waals surface area contributed by atoms with Crippen molar-refractivity contribution in [1.29, 1.82) is 0 Å². The molecule has 0 fully saturated rings. The van der Waals surface area contributed by atoms with Crippen LogP contribution >= 0.6 is 0 Å². The van der Waals surface area contributed by atoms with Gasteiger partial charge < -0.3 is 4.18 Å². The second-order valence-electron chi connectivity index (χ2n) is 9.66. The number of rotatable bonds is 9. The zero-order valence-electron chi connectivity index (χ0n) is 20.5. The number of hydrogen-bond donors (Lipinski definition) is 1. The first-order chi connectivity index (χ1) is 14.7. The minimum absolute atomic E-state index is 0. The van der Waals surface area contributed by atoms with Crippen LogP contribution in [0.15, 0.2) is 30.3 Å². The second-order valence-corrected chi connectivity index (χ2v) is 10.8. The fraction of sp³-hybridized carbons (Fsp3) is 0.500. The number of carbonyl (C=O) groups excluding carboxylic acids is 1. The van der Waals surface area contributed by atoms with Crippen LogP contribution in [0.1, 0.15) is 117 Å². The van der Waals surface area contributed by atoms with Crippen molar-refractivity contribution < 1.29 is 17.4 Å². The fourth-order valence-electron chi connectivity index (χ4n) is 4.26. The van der Waals surface area contributed by atoms with Crippen molar-refractivity contribution in [2.75, 3.05) is 0 Å². The Morgan fingerprint density at radius 2 is 1.30 bits per heavy atom. The third-order valence-electron chi connectivity index (χ3n) is 5.76. The number of hydrogen-bond acceptors (Lipinski definition) is 4. The van der Waals surface area contributed by atoms with E-state index in [0.717, 1.165) is 16.7 Å². The van der Waals surface area contributed by atoms with Gasteiger partial charge in [0, 0.05) is 17.5 Å². The second kappa shape index (κ2) is 12.0. The van der Waals surface area contributed by atoms with Crippen LogP contribution < -0.4 is 9.32 Å². The summed E-state index contributed by atoms with van der Waals surface area (Å²) in [6, 6.07) is 9.80. The molecule has 2 aromatic rings. The van der Waals surface area contributed by atoms with Gasteiger partial charge >= 0.3 is 39.9 Å². The van der Waals surface area contributed by atoms with Crippen LogP contribution in [0.2, 0.25) is 0 Å². The van der Waals surface area contributed by atoms with Gasteiger partial charge in [0.15, 0.2) is 11.5 Å². The van der Waals surface area contributed by atoms with Crippen molar-refractivity contribution in [2.45, 2.75) is 85.5 Å². The number of Topliss-reactive ketones (excluding diaryl/α,β-unsaturated/α-hetero) is 1. The first-order valence-electron chi connectivity index (χ1n) is 11.3. The molecule has 0 aliphatic rings. The number of benzene rings is 2. The summed E-state index contributed by atoms with van der Waals surface area (Å²) in [5.74, 6) is 0.566. The van der Waals surface area contributed by atoms with Gasteiger partial charge in [-0.1, -0.05) is 85.7 Å². The molecule has 0 aromatic heterocycles. The van der Waals surface area contributed by atoms with E-state index in [-0.39, 0.29) is 71.2 Å². The Hall–Kier alpha value is -1.18. The molecule has 5 nitrogen and oxygen atoms in total. The summed E-state index contributed by atoms with van der Waals surface area (Å²) in [7, 11) is -4.24. The Morgan fingerprint density at radius 1 is 0.818 bits per heavy atom. The molecule has 0 radical (unpaired) electrons. The Kier molecular flexibility index (Phi) is 10.8. The van der Waals surface area contributed by atoms with Gasteiger partial charge in [-0.2, -0.15) is 13.6 Å². The molecule has 2 rings (SSSR count). The van der Waals surface area contributed by atoms with E-state index in [2.05, 4.69) is 39.8 Å². The quantitative estimate of drug-likeness (QED) is 0.375. The Balaban J connectivity index is 0.00000544. The third kappa shape index (κ3) is 7.40. The minimum atomic E-state index is -4.24. The Bertz CT molecular complexity index is 1060. The molecule has 0 bridgehead atoms. The Morgan fingerprint density at radius 3 is 1.70 bits per heavy atom. The Labute approximate surface area is 222 Å². The first kappa shape index (κ1) is 29.9. The molecular weight excluding hydrogens is 445 g/mol. The fourth-order valence-corrected chi connectivity index (χ4v) is 4.68. The molecule has 0 atom stereocenters. The van der Waals surface area contributed by atoms with Crippen molar-refractivity contribution in [1.82, 2.24) is 0 Å². The summed E-state index contributed by atoms with van der Waals surface area (Å²) in [6.45, 7) is 16.3. The average molecular weight is 484 g/mol. The van der Waals surface area contributed by atoms with E-state index in [1.54, 1.807) is 12.1 Å². The van der Waals surface area contributed by atoms with E-state index in [0.29, 0.717) is 16.7 Å². The maximum absolute atomic E-state index is 13.7. The molecule has 0 aliphatic heterocycles. The molecule has 0 spiro atoms. The summed E-state index contributed by atoms with van der Waals surface area (Å²) in [4.78, 5) is 13.7. The molecule has 0 aliphatic carbocycles. The van der Waals surface area contributed by atoms with E-state index >= 15 is 0 Å².